The van der Waals surface area contributed by atoms with Gasteiger partial charge in [0.15, 0.2) is 0 Å². The summed E-state index contributed by atoms with van der Waals surface area (Å²) in [7, 11) is 0. The van der Waals surface area contributed by atoms with Crippen molar-refractivity contribution in [2.24, 2.45) is 0 Å². The normalized spacial score (nSPS) is 20.6. The molecule has 0 saturated carbocycles. The van der Waals surface area contributed by atoms with Crippen LogP contribution in [0.15, 0.2) is 42.5 Å². The minimum Gasteiger partial charge on any atom is -0.205 e. The minimum absolute atomic E-state index is 0.119. The Kier molecular flexibility index (Phi) is 3.69. The molecule has 0 aromatic heterocycles. The first-order chi connectivity index (χ1) is 10.1. The van der Waals surface area contributed by atoms with Gasteiger partial charge >= 0.3 is 0 Å². The second kappa shape index (κ2) is 5.50. The number of benzene rings is 2. The van der Waals surface area contributed by atoms with E-state index in [0.29, 0.717) is 6.42 Å². The molecule has 0 N–H and O–H groups in total. The van der Waals surface area contributed by atoms with Gasteiger partial charge in [0.25, 0.3) is 0 Å². The van der Waals surface area contributed by atoms with E-state index in [1.165, 1.54) is 11.6 Å². The first-order valence-corrected chi connectivity index (χ1v) is 7.46. The molecule has 21 heavy (non-hydrogen) atoms. The number of hydrogen-bond acceptors (Lipinski definition) is 1. The zero-order chi connectivity index (χ0) is 14.9. The number of rotatable bonds is 2. The first kappa shape index (κ1) is 14.1. The summed E-state index contributed by atoms with van der Waals surface area (Å²) in [6.45, 7) is 0. The van der Waals surface area contributed by atoms with Crippen molar-refractivity contribution < 1.29 is 4.39 Å². The van der Waals surface area contributed by atoms with Gasteiger partial charge in [0.2, 0.25) is 0 Å². The van der Waals surface area contributed by atoms with Gasteiger partial charge in [0.05, 0.1) is 16.5 Å². The summed E-state index contributed by atoms with van der Waals surface area (Å²) in [5.74, 6) is -0.425. The summed E-state index contributed by atoms with van der Waals surface area (Å²) < 4.78 is 13.6. The van der Waals surface area contributed by atoms with E-state index in [1.807, 2.05) is 24.3 Å². The average Bonchev–Trinajstić information content (AvgIpc) is 2.51. The number of nitrogens with zero attached hydrogens (tertiary/aromatic N) is 1. The van der Waals surface area contributed by atoms with E-state index in [9.17, 15) is 9.65 Å². The minimum atomic E-state index is -0.560. The van der Waals surface area contributed by atoms with Crippen molar-refractivity contribution in [3.05, 3.63) is 70.0 Å². The maximum Gasteiger partial charge on any atom is 0.142 e. The van der Waals surface area contributed by atoms with Crippen molar-refractivity contribution in [1.82, 2.24) is 0 Å². The predicted octanol–water partition coefficient (Wildman–Crippen LogP) is 4.82. The van der Waals surface area contributed by atoms with Crippen LogP contribution < -0.4 is 0 Å². The van der Waals surface area contributed by atoms with E-state index in [4.69, 9.17) is 11.6 Å². The molecule has 1 aliphatic carbocycles. The molecule has 0 spiro atoms. The molecule has 106 valence electrons. The number of aryl methyl sites for hydroxylation is 1. The standard InChI is InChI=1S/C18H15ClFN/c19-16-8-7-13(10-17(16)20)11-18(12-21)9-3-5-14-4-1-2-6-15(14)18/h1-2,4,6-8,10H,3,5,9,11H2. The number of hydrogen-bond donors (Lipinski definition) is 0. The lowest BCUT2D eigenvalue weighted by atomic mass is 9.68. The number of fused-ring (bicyclic) bond motifs is 1. The fraction of sp³-hybridized carbons (Fsp3) is 0.278. The van der Waals surface area contributed by atoms with Crippen molar-refractivity contribution in [2.75, 3.05) is 0 Å². The molecule has 3 rings (SSSR count). The Morgan fingerprint density at radius 3 is 2.81 bits per heavy atom. The van der Waals surface area contributed by atoms with Crippen LogP contribution in [0.25, 0.3) is 0 Å². The molecule has 0 amide bonds. The van der Waals surface area contributed by atoms with Gasteiger partial charge < -0.3 is 0 Å². The maximum absolute atomic E-state index is 13.6. The Balaban J connectivity index is 2.02. The van der Waals surface area contributed by atoms with Crippen LogP contribution in [0.4, 0.5) is 4.39 Å². The van der Waals surface area contributed by atoms with Gasteiger partial charge in [-0.05, 0) is 54.5 Å². The van der Waals surface area contributed by atoms with E-state index >= 15 is 0 Å². The van der Waals surface area contributed by atoms with Crippen LogP contribution in [-0.2, 0) is 18.3 Å². The molecule has 2 aromatic rings. The Labute approximate surface area is 129 Å². The zero-order valence-electron chi connectivity index (χ0n) is 11.6. The van der Waals surface area contributed by atoms with Crippen molar-refractivity contribution in [3.8, 4) is 6.07 Å². The Bertz CT molecular complexity index is 719. The lowest BCUT2D eigenvalue weighted by molar-refractivity contribution is 0.449. The summed E-state index contributed by atoms with van der Waals surface area (Å²) in [4.78, 5) is 0. The second-order valence-corrected chi connectivity index (χ2v) is 6.04. The highest BCUT2D eigenvalue weighted by Crippen LogP contribution is 2.39. The topological polar surface area (TPSA) is 23.8 Å². The second-order valence-electron chi connectivity index (χ2n) is 5.63. The van der Waals surface area contributed by atoms with E-state index in [-0.39, 0.29) is 5.02 Å². The largest absolute Gasteiger partial charge is 0.205 e. The van der Waals surface area contributed by atoms with Crippen molar-refractivity contribution in [3.63, 3.8) is 0 Å². The first-order valence-electron chi connectivity index (χ1n) is 7.08. The maximum atomic E-state index is 13.6. The van der Waals surface area contributed by atoms with Gasteiger partial charge in [-0.3, -0.25) is 0 Å². The smallest absolute Gasteiger partial charge is 0.142 e. The van der Waals surface area contributed by atoms with Gasteiger partial charge in [-0.2, -0.15) is 5.26 Å². The third kappa shape index (κ3) is 2.54. The van der Waals surface area contributed by atoms with Crippen molar-refractivity contribution in [1.29, 1.82) is 5.26 Å². The highest BCUT2D eigenvalue weighted by Gasteiger charge is 2.36. The molecule has 1 atom stereocenters. The number of nitriles is 1. The highest BCUT2D eigenvalue weighted by molar-refractivity contribution is 6.30. The lowest BCUT2D eigenvalue weighted by Gasteiger charge is -2.33. The summed E-state index contributed by atoms with van der Waals surface area (Å²) in [5, 5.41) is 9.92. The zero-order valence-corrected chi connectivity index (χ0v) is 12.3. The van der Waals surface area contributed by atoms with Crippen LogP contribution in [0.2, 0.25) is 5.02 Å². The number of halogens is 2. The van der Waals surface area contributed by atoms with Gasteiger partial charge in [0.1, 0.15) is 5.82 Å². The fourth-order valence-corrected chi connectivity index (χ4v) is 3.38. The molecule has 1 unspecified atom stereocenters. The molecule has 1 nitrogen and oxygen atoms in total. The van der Waals surface area contributed by atoms with E-state index in [1.54, 1.807) is 6.07 Å². The quantitative estimate of drug-likeness (QED) is 0.780. The van der Waals surface area contributed by atoms with Crippen LogP contribution in [-0.4, -0.2) is 0 Å². The third-order valence-electron chi connectivity index (χ3n) is 4.29. The van der Waals surface area contributed by atoms with Crippen molar-refractivity contribution in [2.45, 2.75) is 31.1 Å². The van der Waals surface area contributed by atoms with Crippen LogP contribution in [0.3, 0.4) is 0 Å². The van der Waals surface area contributed by atoms with Crippen LogP contribution >= 0.6 is 11.6 Å². The molecular formula is C18H15ClFN. The summed E-state index contributed by atoms with van der Waals surface area (Å²) in [6, 6.07) is 15.4. The summed E-state index contributed by atoms with van der Waals surface area (Å²) in [6.07, 6.45) is 3.33. The van der Waals surface area contributed by atoms with Gasteiger partial charge in [-0.25, -0.2) is 4.39 Å². The van der Waals surface area contributed by atoms with Gasteiger partial charge in [-0.15, -0.1) is 0 Å². The molecule has 0 bridgehead atoms. The van der Waals surface area contributed by atoms with Crippen molar-refractivity contribution >= 4 is 11.6 Å². The molecule has 0 fully saturated rings. The molecule has 3 heteroatoms. The van der Waals surface area contributed by atoms with E-state index in [2.05, 4.69) is 12.1 Å². The monoisotopic (exact) mass is 299 g/mol. The van der Waals surface area contributed by atoms with Crippen LogP contribution in [0.1, 0.15) is 29.5 Å². The summed E-state index contributed by atoms with van der Waals surface area (Å²) in [5.41, 5.74) is 2.58. The van der Waals surface area contributed by atoms with E-state index in [0.717, 1.165) is 30.4 Å². The Morgan fingerprint density at radius 1 is 1.24 bits per heavy atom. The summed E-state index contributed by atoms with van der Waals surface area (Å²) >= 11 is 5.73. The Morgan fingerprint density at radius 2 is 2.05 bits per heavy atom. The molecule has 1 aliphatic rings. The molecular weight excluding hydrogens is 285 g/mol. The highest BCUT2D eigenvalue weighted by atomic mass is 35.5. The molecule has 0 aliphatic heterocycles. The third-order valence-corrected chi connectivity index (χ3v) is 4.59. The lowest BCUT2D eigenvalue weighted by Crippen LogP contribution is -2.31. The predicted molar refractivity (Wildman–Crippen MR) is 81.8 cm³/mol. The van der Waals surface area contributed by atoms with Gasteiger partial charge in [-0.1, -0.05) is 41.9 Å². The fourth-order valence-electron chi connectivity index (χ4n) is 3.26. The molecule has 0 saturated heterocycles. The van der Waals surface area contributed by atoms with Crippen LogP contribution in [0, 0.1) is 17.1 Å². The molecule has 2 aromatic carbocycles. The molecule has 0 heterocycles. The molecule has 0 radical (unpaired) electrons. The van der Waals surface area contributed by atoms with Gasteiger partial charge in [0, 0.05) is 0 Å². The van der Waals surface area contributed by atoms with Crippen LogP contribution in [0.5, 0.6) is 0 Å². The Hall–Kier alpha value is -1.85. The van der Waals surface area contributed by atoms with E-state index < -0.39 is 11.2 Å². The SMILES string of the molecule is N#CC1(Cc2ccc(Cl)c(F)c2)CCCc2ccccc21. The average molecular weight is 300 g/mol.